The largest absolute Gasteiger partial charge is 0.381 e. The Morgan fingerprint density at radius 3 is 1.05 bits per heavy atom. The van der Waals surface area contributed by atoms with E-state index in [9.17, 15) is 0 Å². The normalized spacial score (nSPS) is 10.2. The van der Waals surface area contributed by atoms with Gasteiger partial charge in [0.2, 0.25) is 0 Å². The fraction of sp³-hybridized carbons (Fsp3) is 1.00. The summed E-state index contributed by atoms with van der Waals surface area (Å²) in [4.78, 5) is 0. The zero-order valence-corrected chi connectivity index (χ0v) is 13.0. The summed E-state index contributed by atoms with van der Waals surface area (Å²) in [5, 5.41) is 0. The summed E-state index contributed by atoms with van der Waals surface area (Å²) >= 11 is 0. The van der Waals surface area contributed by atoms with Crippen molar-refractivity contribution in [2.45, 2.75) is 38.5 Å². The molecule has 0 aromatic carbocycles. The Kier molecular flexibility index (Phi) is 26.3. The van der Waals surface area contributed by atoms with E-state index in [1.54, 1.807) is 0 Å². The Labute approximate surface area is 124 Å². The summed E-state index contributed by atoms with van der Waals surface area (Å²) in [5.74, 6) is 0. The van der Waals surface area contributed by atoms with E-state index in [1.165, 1.54) is 12.8 Å². The minimum absolute atomic E-state index is 0.597. The fourth-order valence-corrected chi connectivity index (χ4v) is 1.34. The van der Waals surface area contributed by atoms with Crippen LogP contribution in [0.5, 0.6) is 0 Å². The molecule has 20 heavy (non-hydrogen) atoms. The quantitative estimate of drug-likeness (QED) is 0.339. The summed E-state index contributed by atoms with van der Waals surface area (Å²) < 4.78 is 10.8. The van der Waals surface area contributed by atoms with Crippen molar-refractivity contribution in [3.63, 3.8) is 0 Å². The van der Waals surface area contributed by atoms with E-state index in [-0.39, 0.29) is 0 Å². The van der Waals surface area contributed by atoms with Crippen molar-refractivity contribution in [1.82, 2.24) is 0 Å². The lowest BCUT2D eigenvalue weighted by atomic mass is 10.2. The monoisotopic (exact) mass is 292 g/mol. The minimum Gasteiger partial charge on any atom is -0.381 e. The molecule has 0 aromatic heterocycles. The highest BCUT2D eigenvalue weighted by Gasteiger charge is 1.92. The third-order valence-corrected chi connectivity index (χ3v) is 2.48. The Hall–Kier alpha value is -0.240. The predicted molar refractivity (Wildman–Crippen MR) is 85.6 cm³/mol. The maximum absolute atomic E-state index is 5.41. The van der Waals surface area contributed by atoms with Crippen molar-refractivity contribution in [2.24, 2.45) is 22.9 Å². The topological polar surface area (TPSA) is 123 Å². The number of hydrogen-bond acceptors (Lipinski definition) is 6. The summed E-state index contributed by atoms with van der Waals surface area (Å²) in [5.41, 5.74) is 20.5. The van der Waals surface area contributed by atoms with Crippen LogP contribution in [-0.4, -0.2) is 52.6 Å². The van der Waals surface area contributed by atoms with Crippen molar-refractivity contribution >= 4 is 0 Å². The van der Waals surface area contributed by atoms with Gasteiger partial charge < -0.3 is 32.4 Å². The Balaban J connectivity index is 0. The third-order valence-electron chi connectivity index (χ3n) is 2.48. The van der Waals surface area contributed by atoms with Gasteiger partial charge in [0, 0.05) is 39.5 Å². The summed E-state index contributed by atoms with van der Waals surface area (Å²) in [7, 11) is 0. The molecule has 0 atom stereocenters. The van der Waals surface area contributed by atoms with Gasteiger partial charge in [-0.2, -0.15) is 0 Å². The Bertz CT molecular complexity index is 135. The molecule has 0 rings (SSSR count). The first kappa shape index (κ1) is 22.0. The third kappa shape index (κ3) is 26.3. The van der Waals surface area contributed by atoms with E-state index < -0.39 is 0 Å². The van der Waals surface area contributed by atoms with Gasteiger partial charge in [0.15, 0.2) is 0 Å². The molecule has 0 aliphatic heterocycles. The van der Waals surface area contributed by atoms with E-state index in [0.29, 0.717) is 13.1 Å². The van der Waals surface area contributed by atoms with Crippen LogP contribution in [0.1, 0.15) is 38.5 Å². The Morgan fingerprint density at radius 1 is 0.400 bits per heavy atom. The molecule has 6 nitrogen and oxygen atoms in total. The van der Waals surface area contributed by atoms with Gasteiger partial charge in [-0.15, -0.1) is 0 Å². The highest BCUT2D eigenvalue weighted by Crippen LogP contribution is 2.00. The van der Waals surface area contributed by atoms with Crippen LogP contribution in [0, 0.1) is 0 Å². The van der Waals surface area contributed by atoms with Crippen LogP contribution >= 0.6 is 0 Å². The number of unbranched alkanes of at least 4 members (excludes halogenated alkanes) is 3. The van der Waals surface area contributed by atoms with Crippen molar-refractivity contribution in [1.29, 1.82) is 0 Å². The number of hydrogen-bond donors (Lipinski definition) is 4. The highest BCUT2D eigenvalue weighted by atomic mass is 16.5. The highest BCUT2D eigenvalue weighted by molar-refractivity contribution is 4.44. The van der Waals surface area contributed by atoms with Gasteiger partial charge >= 0.3 is 0 Å². The van der Waals surface area contributed by atoms with Crippen molar-refractivity contribution < 1.29 is 9.47 Å². The first-order valence-corrected chi connectivity index (χ1v) is 7.79. The molecule has 8 N–H and O–H groups in total. The second-order valence-corrected chi connectivity index (χ2v) is 4.50. The molecule has 124 valence electrons. The molecule has 0 spiro atoms. The predicted octanol–water partition coefficient (Wildman–Crippen LogP) is 0.181. The second kappa shape index (κ2) is 23.8. The van der Waals surface area contributed by atoms with Gasteiger partial charge in [-0.25, -0.2) is 0 Å². The van der Waals surface area contributed by atoms with Crippen LogP contribution in [0.2, 0.25) is 0 Å². The first-order chi connectivity index (χ1) is 9.83. The van der Waals surface area contributed by atoms with E-state index >= 15 is 0 Å². The summed E-state index contributed by atoms with van der Waals surface area (Å²) in [6, 6.07) is 0. The van der Waals surface area contributed by atoms with Crippen LogP contribution in [0.4, 0.5) is 0 Å². The molecule has 6 heteroatoms. The van der Waals surface area contributed by atoms with Gasteiger partial charge in [-0.05, 0) is 38.8 Å². The number of rotatable bonds is 14. The van der Waals surface area contributed by atoms with Gasteiger partial charge in [0.1, 0.15) is 0 Å². The average molecular weight is 292 g/mol. The van der Waals surface area contributed by atoms with Gasteiger partial charge in [-0.3, -0.25) is 0 Å². The van der Waals surface area contributed by atoms with Crippen molar-refractivity contribution in [2.75, 3.05) is 52.6 Å². The fourth-order valence-electron chi connectivity index (χ4n) is 1.34. The first-order valence-electron chi connectivity index (χ1n) is 7.79. The van der Waals surface area contributed by atoms with E-state index in [4.69, 9.17) is 32.4 Å². The molecule has 0 amide bonds. The summed E-state index contributed by atoms with van der Waals surface area (Å²) in [6.45, 7) is 5.99. The van der Waals surface area contributed by atoms with E-state index in [1.807, 2.05) is 0 Å². The molecule has 0 saturated heterocycles. The molecular weight excluding hydrogens is 256 g/mol. The molecule has 0 unspecified atom stereocenters. The molecular formula is C14H36N4O2. The average Bonchev–Trinajstić information content (AvgIpc) is 2.49. The number of ether oxygens (including phenoxy) is 2. The maximum Gasteiger partial charge on any atom is 0.0478 e. The molecule has 0 aliphatic carbocycles. The van der Waals surface area contributed by atoms with Crippen LogP contribution in [0.15, 0.2) is 0 Å². The van der Waals surface area contributed by atoms with Crippen molar-refractivity contribution in [3.05, 3.63) is 0 Å². The second-order valence-electron chi connectivity index (χ2n) is 4.50. The molecule has 0 radical (unpaired) electrons. The zero-order valence-electron chi connectivity index (χ0n) is 13.0. The SMILES string of the molecule is NCCCOCCCCCCOCCCN.NCCN. The molecule has 0 fully saturated rings. The molecule has 0 bridgehead atoms. The minimum atomic E-state index is 0.597. The lowest BCUT2D eigenvalue weighted by molar-refractivity contribution is 0.120. The van der Waals surface area contributed by atoms with Crippen LogP contribution in [0.25, 0.3) is 0 Å². The van der Waals surface area contributed by atoms with E-state index in [0.717, 1.165) is 65.2 Å². The lowest BCUT2D eigenvalue weighted by Gasteiger charge is -2.04. The molecule has 0 heterocycles. The molecule has 0 aliphatic rings. The van der Waals surface area contributed by atoms with Crippen molar-refractivity contribution in [3.8, 4) is 0 Å². The number of nitrogens with two attached hydrogens (primary N) is 4. The smallest absolute Gasteiger partial charge is 0.0478 e. The maximum atomic E-state index is 5.41. The van der Waals surface area contributed by atoms with Gasteiger partial charge in [0.25, 0.3) is 0 Å². The van der Waals surface area contributed by atoms with Crippen LogP contribution in [-0.2, 0) is 9.47 Å². The zero-order chi connectivity index (χ0) is 15.3. The Morgan fingerprint density at radius 2 is 0.750 bits per heavy atom. The van der Waals surface area contributed by atoms with Gasteiger partial charge in [-0.1, -0.05) is 12.8 Å². The molecule has 0 aromatic rings. The van der Waals surface area contributed by atoms with Crippen LogP contribution < -0.4 is 22.9 Å². The summed E-state index contributed by atoms with van der Waals surface area (Å²) in [6.07, 6.45) is 6.68. The van der Waals surface area contributed by atoms with Crippen LogP contribution in [0.3, 0.4) is 0 Å². The lowest BCUT2D eigenvalue weighted by Crippen LogP contribution is -2.11. The standard InChI is InChI=1S/C12H28N2O2.C2H8N2/c13-7-5-11-15-9-3-1-2-4-10-16-12-6-8-14;3-1-2-4/h1-14H2;1-4H2. The van der Waals surface area contributed by atoms with E-state index in [2.05, 4.69) is 0 Å². The molecule has 0 saturated carbocycles. The van der Waals surface area contributed by atoms with Gasteiger partial charge in [0.05, 0.1) is 0 Å².